The number of hydrogen-bond donors (Lipinski definition) is 1. The van der Waals surface area contributed by atoms with Crippen molar-refractivity contribution in [1.29, 1.82) is 0 Å². The van der Waals surface area contributed by atoms with Crippen LogP contribution in [0.2, 0.25) is 0 Å². The van der Waals surface area contributed by atoms with E-state index >= 15 is 0 Å². The Balaban J connectivity index is 1.65. The van der Waals surface area contributed by atoms with Gasteiger partial charge in [-0.25, -0.2) is 0 Å². The highest BCUT2D eigenvalue weighted by molar-refractivity contribution is 7.99. The number of nitrogen functional groups attached to an aromatic ring is 1. The fourth-order valence-corrected chi connectivity index (χ4v) is 3.85. The molecule has 0 spiro atoms. The molecule has 2 aliphatic rings. The van der Waals surface area contributed by atoms with Crippen LogP contribution in [0.15, 0.2) is 40.1 Å². The van der Waals surface area contributed by atoms with Gasteiger partial charge in [-0.3, -0.25) is 0 Å². The third-order valence-corrected chi connectivity index (χ3v) is 5.04. The van der Waals surface area contributed by atoms with Gasteiger partial charge in [0.05, 0.1) is 0 Å². The van der Waals surface area contributed by atoms with E-state index in [1.165, 1.54) is 35.3 Å². The van der Waals surface area contributed by atoms with E-state index in [4.69, 9.17) is 15.2 Å². The van der Waals surface area contributed by atoms with E-state index < -0.39 is 0 Å². The minimum absolute atomic E-state index is 0.587. The summed E-state index contributed by atoms with van der Waals surface area (Å²) in [6, 6.07) is 10.6. The van der Waals surface area contributed by atoms with Gasteiger partial charge in [-0.05, 0) is 42.5 Å². The average molecular weight is 299 g/mol. The molecule has 0 unspecified atom stereocenters. The quantitative estimate of drug-likeness (QED) is 0.859. The fourth-order valence-electron chi connectivity index (χ4n) is 2.91. The molecule has 4 heteroatoms. The van der Waals surface area contributed by atoms with E-state index in [1.807, 2.05) is 12.1 Å². The smallest absolute Gasteiger partial charge is 0.163 e. The van der Waals surface area contributed by atoms with Crippen LogP contribution in [0, 0.1) is 0 Å². The number of benzene rings is 2. The maximum Gasteiger partial charge on any atom is 0.163 e. The van der Waals surface area contributed by atoms with Gasteiger partial charge in [-0.15, -0.1) is 0 Å². The second-order valence-electron chi connectivity index (χ2n) is 5.42. The summed E-state index contributed by atoms with van der Waals surface area (Å²) in [5.41, 5.74) is 9.87. The Bertz CT molecular complexity index is 699. The van der Waals surface area contributed by atoms with E-state index in [2.05, 4.69) is 18.2 Å². The van der Waals surface area contributed by atoms with E-state index in [0.29, 0.717) is 13.2 Å². The lowest BCUT2D eigenvalue weighted by atomic mass is 10.1. The topological polar surface area (TPSA) is 44.5 Å². The zero-order valence-electron chi connectivity index (χ0n) is 11.7. The van der Waals surface area contributed by atoms with Crippen LogP contribution in [0.25, 0.3) is 0 Å². The Hall–Kier alpha value is -1.81. The molecule has 0 atom stereocenters. The Kier molecular flexibility index (Phi) is 3.19. The number of fused-ring (bicyclic) bond motifs is 2. The van der Waals surface area contributed by atoms with Crippen LogP contribution in [0.1, 0.15) is 17.5 Å². The molecule has 1 aliphatic heterocycles. The van der Waals surface area contributed by atoms with E-state index in [1.54, 1.807) is 11.8 Å². The van der Waals surface area contributed by atoms with Gasteiger partial charge >= 0.3 is 0 Å². The first-order chi connectivity index (χ1) is 10.3. The summed E-state index contributed by atoms with van der Waals surface area (Å²) in [5.74, 6) is 1.54. The summed E-state index contributed by atoms with van der Waals surface area (Å²) in [4.78, 5) is 2.26. The third kappa shape index (κ3) is 2.44. The first kappa shape index (κ1) is 12.9. The Morgan fingerprint density at radius 3 is 2.52 bits per heavy atom. The SMILES string of the molecule is Nc1cc2c(cc1Sc1ccc3c(c1)CCC3)OCCO2. The molecular formula is C17H17NO2S. The monoisotopic (exact) mass is 299 g/mol. The number of rotatable bonds is 2. The molecule has 2 aromatic carbocycles. The van der Waals surface area contributed by atoms with Gasteiger partial charge in [0, 0.05) is 27.6 Å². The first-order valence-electron chi connectivity index (χ1n) is 7.28. The van der Waals surface area contributed by atoms with Crippen LogP contribution in [0.3, 0.4) is 0 Å². The van der Waals surface area contributed by atoms with Crippen molar-refractivity contribution in [3.63, 3.8) is 0 Å². The lowest BCUT2D eigenvalue weighted by Crippen LogP contribution is -2.15. The molecule has 0 bridgehead atoms. The lowest BCUT2D eigenvalue weighted by Gasteiger charge is -2.20. The van der Waals surface area contributed by atoms with Crippen LogP contribution < -0.4 is 15.2 Å². The predicted octanol–water partition coefficient (Wildman–Crippen LogP) is 3.68. The maximum atomic E-state index is 6.15. The van der Waals surface area contributed by atoms with Crippen LogP contribution in [0.4, 0.5) is 5.69 Å². The van der Waals surface area contributed by atoms with Gasteiger partial charge < -0.3 is 15.2 Å². The first-order valence-corrected chi connectivity index (χ1v) is 8.10. The number of anilines is 1. The summed E-state index contributed by atoms with van der Waals surface area (Å²) in [7, 11) is 0. The maximum absolute atomic E-state index is 6.15. The normalized spacial score (nSPS) is 15.8. The van der Waals surface area contributed by atoms with Crippen LogP contribution in [0.5, 0.6) is 11.5 Å². The van der Waals surface area contributed by atoms with Gasteiger partial charge in [0.2, 0.25) is 0 Å². The second kappa shape index (κ2) is 5.19. The molecule has 108 valence electrons. The standard InChI is InChI=1S/C17H17NO2S/c18-14-9-15-16(20-7-6-19-15)10-17(14)21-13-5-4-11-2-1-3-12(11)8-13/h4-5,8-10H,1-3,6-7,18H2. The van der Waals surface area contributed by atoms with Gasteiger partial charge in [-0.1, -0.05) is 17.8 Å². The second-order valence-corrected chi connectivity index (χ2v) is 6.54. The molecule has 0 saturated carbocycles. The molecule has 0 radical (unpaired) electrons. The van der Waals surface area contributed by atoms with Crippen molar-refractivity contribution in [3.05, 3.63) is 41.5 Å². The van der Waals surface area contributed by atoms with Gasteiger partial charge in [0.1, 0.15) is 13.2 Å². The zero-order chi connectivity index (χ0) is 14.2. The van der Waals surface area contributed by atoms with Crippen molar-refractivity contribution >= 4 is 17.4 Å². The van der Waals surface area contributed by atoms with Crippen molar-refractivity contribution in [2.75, 3.05) is 18.9 Å². The zero-order valence-corrected chi connectivity index (χ0v) is 12.5. The number of ether oxygens (including phenoxy) is 2. The van der Waals surface area contributed by atoms with E-state index in [-0.39, 0.29) is 0 Å². The number of aryl methyl sites for hydroxylation is 2. The van der Waals surface area contributed by atoms with Crippen molar-refractivity contribution in [1.82, 2.24) is 0 Å². The average Bonchev–Trinajstić information content (AvgIpc) is 2.95. The summed E-state index contributed by atoms with van der Waals surface area (Å²) in [6.07, 6.45) is 3.68. The fraction of sp³-hybridized carbons (Fsp3) is 0.294. The minimum atomic E-state index is 0.587. The molecule has 1 aliphatic carbocycles. The summed E-state index contributed by atoms with van der Waals surface area (Å²) in [5, 5.41) is 0. The molecule has 21 heavy (non-hydrogen) atoms. The molecule has 0 saturated heterocycles. The van der Waals surface area contributed by atoms with Crippen LogP contribution >= 0.6 is 11.8 Å². The highest BCUT2D eigenvalue weighted by atomic mass is 32.2. The molecule has 0 aromatic heterocycles. The van der Waals surface area contributed by atoms with Crippen LogP contribution in [-0.2, 0) is 12.8 Å². The third-order valence-electron chi connectivity index (χ3n) is 3.97. The van der Waals surface area contributed by atoms with E-state index in [0.717, 1.165) is 22.1 Å². The van der Waals surface area contributed by atoms with Crippen molar-refractivity contribution in [2.45, 2.75) is 29.1 Å². The Morgan fingerprint density at radius 1 is 0.905 bits per heavy atom. The molecule has 0 amide bonds. The summed E-state index contributed by atoms with van der Waals surface area (Å²) < 4.78 is 11.2. The number of hydrogen-bond acceptors (Lipinski definition) is 4. The predicted molar refractivity (Wildman–Crippen MR) is 84.4 cm³/mol. The van der Waals surface area contributed by atoms with Crippen molar-refractivity contribution in [3.8, 4) is 11.5 Å². The minimum Gasteiger partial charge on any atom is -0.486 e. The highest BCUT2D eigenvalue weighted by Crippen LogP contribution is 2.41. The van der Waals surface area contributed by atoms with Crippen molar-refractivity contribution < 1.29 is 9.47 Å². The molecule has 1 heterocycles. The lowest BCUT2D eigenvalue weighted by molar-refractivity contribution is 0.171. The highest BCUT2D eigenvalue weighted by Gasteiger charge is 2.16. The van der Waals surface area contributed by atoms with E-state index in [9.17, 15) is 0 Å². The van der Waals surface area contributed by atoms with Crippen LogP contribution in [-0.4, -0.2) is 13.2 Å². The van der Waals surface area contributed by atoms with Gasteiger partial charge in [0.15, 0.2) is 11.5 Å². The molecule has 2 aromatic rings. The van der Waals surface area contributed by atoms with Gasteiger partial charge in [-0.2, -0.15) is 0 Å². The largest absolute Gasteiger partial charge is 0.486 e. The van der Waals surface area contributed by atoms with Gasteiger partial charge in [0.25, 0.3) is 0 Å². The van der Waals surface area contributed by atoms with Crippen molar-refractivity contribution in [2.24, 2.45) is 0 Å². The molecule has 3 nitrogen and oxygen atoms in total. The summed E-state index contributed by atoms with van der Waals surface area (Å²) in [6.45, 7) is 1.18. The Morgan fingerprint density at radius 2 is 1.67 bits per heavy atom. The number of nitrogens with two attached hydrogens (primary N) is 1. The molecule has 0 fully saturated rings. The Labute approximate surface area is 128 Å². The molecule has 2 N–H and O–H groups in total. The molecular weight excluding hydrogens is 282 g/mol. The molecule has 4 rings (SSSR count). The summed E-state index contributed by atoms with van der Waals surface area (Å²) >= 11 is 1.69.